The van der Waals surface area contributed by atoms with Gasteiger partial charge in [0, 0.05) is 18.1 Å². The van der Waals surface area contributed by atoms with Crippen LogP contribution in [0.1, 0.15) is 46.2 Å². The van der Waals surface area contributed by atoms with E-state index in [0.717, 1.165) is 12.1 Å². The van der Waals surface area contributed by atoms with Gasteiger partial charge in [0.15, 0.2) is 5.96 Å². The highest BCUT2D eigenvalue weighted by Crippen LogP contribution is 2.18. The highest BCUT2D eigenvalue weighted by molar-refractivity contribution is 6.30. The van der Waals surface area contributed by atoms with Gasteiger partial charge in [-0.3, -0.25) is 9.79 Å². The number of rotatable bonds is 7. The summed E-state index contributed by atoms with van der Waals surface area (Å²) >= 11 is 6.05. The minimum absolute atomic E-state index is 0.00693. The molecule has 134 valence electrons. The zero-order valence-corrected chi connectivity index (χ0v) is 16.0. The third kappa shape index (κ3) is 6.40. The van der Waals surface area contributed by atoms with Crippen molar-refractivity contribution in [2.45, 2.75) is 40.7 Å². The lowest BCUT2D eigenvalue weighted by Crippen LogP contribution is -2.42. The fourth-order valence-corrected chi connectivity index (χ4v) is 2.33. The first kappa shape index (κ1) is 20.3. The van der Waals surface area contributed by atoms with Crippen LogP contribution in [0.15, 0.2) is 29.3 Å². The summed E-state index contributed by atoms with van der Waals surface area (Å²) in [5, 5.41) is 10.1. The summed E-state index contributed by atoms with van der Waals surface area (Å²) in [6.45, 7) is 11.5. The number of benzene rings is 1. The fourth-order valence-electron chi connectivity index (χ4n) is 2.13. The molecule has 0 saturated carbocycles. The van der Waals surface area contributed by atoms with Gasteiger partial charge in [0.25, 0.3) is 0 Å². The standard InChI is InChI=1S/C18H29ClN4O/c1-6-20-16(24)18(4,5)12-22-17(21-7-2)23-13(3)14-9-8-10-15(19)11-14/h8-11,13H,6-7,12H2,1-5H3,(H,20,24)(H2,21,22,23). The van der Waals surface area contributed by atoms with E-state index in [1.165, 1.54) is 0 Å². The average molecular weight is 353 g/mol. The molecule has 1 aromatic carbocycles. The van der Waals surface area contributed by atoms with E-state index in [9.17, 15) is 4.79 Å². The van der Waals surface area contributed by atoms with E-state index in [2.05, 4.69) is 20.9 Å². The van der Waals surface area contributed by atoms with E-state index in [1.807, 2.05) is 58.9 Å². The molecular formula is C18H29ClN4O. The van der Waals surface area contributed by atoms with Gasteiger partial charge in [-0.2, -0.15) is 0 Å². The van der Waals surface area contributed by atoms with E-state index in [-0.39, 0.29) is 11.9 Å². The molecule has 0 saturated heterocycles. The van der Waals surface area contributed by atoms with Crippen molar-refractivity contribution in [1.29, 1.82) is 0 Å². The second-order valence-electron chi connectivity index (χ2n) is 6.36. The number of halogens is 1. The van der Waals surface area contributed by atoms with Gasteiger partial charge in [-0.05, 0) is 52.3 Å². The number of nitrogens with zero attached hydrogens (tertiary/aromatic N) is 1. The van der Waals surface area contributed by atoms with Crippen molar-refractivity contribution in [3.8, 4) is 0 Å². The molecule has 0 heterocycles. The number of hydrogen-bond donors (Lipinski definition) is 3. The molecule has 0 fully saturated rings. The summed E-state index contributed by atoms with van der Waals surface area (Å²) in [6, 6.07) is 7.78. The first-order valence-electron chi connectivity index (χ1n) is 8.38. The number of nitrogens with one attached hydrogen (secondary N) is 3. The summed E-state index contributed by atoms with van der Waals surface area (Å²) < 4.78 is 0. The van der Waals surface area contributed by atoms with Crippen LogP contribution in [0.5, 0.6) is 0 Å². The van der Waals surface area contributed by atoms with Crippen molar-refractivity contribution < 1.29 is 4.79 Å². The lowest BCUT2D eigenvalue weighted by atomic mass is 9.92. The van der Waals surface area contributed by atoms with E-state index in [1.54, 1.807) is 0 Å². The number of guanidine groups is 1. The van der Waals surface area contributed by atoms with Gasteiger partial charge < -0.3 is 16.0 Å². The highest BCUT2D eigenvalue weighted by Gasteiger charge is 2.27. The molecule has 5 nitrogen and oxygen atoms in total. The molecule has 0 aromatic heterocycles. The number of carbonyl (C=O) groups excluding carboxylic acids is 1. The first-order chi connectivity index (χ1) is 11.3. The normalized spacial score (nSPS) is 13.3. The van der Waals surface area contributed by atoms with Gasteiger partial charge in [-0.15, -0.1) is 0 Å². The second-order valence-corrected chi connectivity index (χ2v) is 6.80. The zero-order valence-electron chi connectivity index (χ0n) is 15.2. The Hall–Kier alpha value is -1.75. The number of hydrogen-bond acceptors (Lipinski definition) is 2. The summed E-state index contributed by atoms with van der Waals surface area (Å²) in [7, 11) is 0. The van der Waals surface area contributed by atoms with Crippen LogP contribution in [0.2, 0.25) is 5.02 Å². The van der Waals surface area contributed by atoms with Crippen LogP contribution in [0, 0.1) is 5.41 Å². The molecule has 0 aliphatic heterocycles. The average Bonchev–Trinajstić information content (AvgIpc) is 2.53. The Morgan fingerprint density at radius 1 is 1.25 bits per heavy atom. The van der Waals surface area contributed by atoms with Crippen LogP contribution < -0.4 is 16.0 Å². The summed E-state index contributed by atoms with van der Waals surface area (Å²) in [6.07, 6.45) is 0. The molecule has 1 atom stereocenters. The summed E-state index contributed by atoms with van der Waals surface area (Å²) in [4.78, 5) is 16.7. The maximum absolute atomic E-state index is 12.1. The minimum Gasteiger partial charge on any atom is -0.357 e. The Kier molecular flexibility index (Phi) is 8.05. The van der Waals surface area contributed by atoms with Crippen molar-refractivity contribution in [3.63, 3.8) is 0 Å². The molecule has 24 heavy (non-hydrogen) atoms. The number of amides is 1. The van der Waals surface area contributed by atoms with Crippen LogP contribution in [-0.4, -0.2) is 31.5 Å². The van der Waals surface area contributed by atoms with Gasteiger partial charge >= 0.3 is 0 Å². The van der Waals surface area contributed by atoms with Crippen LogP contribution in [0.3, 0.4) is 0 Å². The molecule has 1 amide bonds. The monoisotopic (exact) mass is 352 g/mol. The Morgan fingerprint density at radius 3 is 2.50 bits per heavy atom. The smallest absolute Gasteiger partial charge is 0.227 e. The van der Waals surface area contributed by atoms with E-state index >= 15 is 0 Å². The molecule has 0 aliphatic carbocycles. The van der Waals surface area contributed by atoms with Crippen molar-refractivity contribution in [3.05, 3.63) is 34.9 Å². The topological polar surface area (TPSA) is 65.5 Å². The SMILES string of the molecule is CCNC(=O)C(C)(C)CN=C(NCC)NC(C)c1cccc(Cl)c1. The molecule has 1 rings (SSSR count). The Balaban J connectivity index is 2.80. The zero-order chi connectivity index (χ0) is 18.2. The Bertz CT molecular complexity index is 572. The van der Waals surface area contributed by atoms with Gasteiger partial charge in [-0.1, -0.05) is 23.7 Å². The quantitative estimate of drug-likeness (QED) is 0.521. The molecule has 1 aromatic rings. The van der Waals surface area contributed by atoms with Crippen molar-refractivity contribution in [1.82, 2.24) is 16.0 Å². The minimum atomic E-state index is -0.558. The number of aliphatic imine (C=N–C) groups is 1. The third-order valence-electron chi connectivity index (χ3n) is 3.63. The molecular weight excluding hydrogens is 324 g/mol. The lowest BCUT2D eigenvalue weighted by molar-refractivity contribution is -0.128. The molecule has 0 spiro atoms. The molecule has 0 radical (unpaired) electrons. The van der Waals surface area contributed by atoms with Gasteiger partial charge in [-0.25, -0.2) is 0 Å². The molecule has 1 unspecified atom stereocenters. The van der Waals surface area contributed by atoms with Crippen LogP contribution in [0.25, 0.3) is 0 Å². The molecule has 0 bridgehead atoms. The highest BCUT2D eigenvalue weighted by atomic mass is 35.5. The van der Waals surface area contributed by atoms with Crippen molar-refractivity contribution >= 4 is 23.5 Å². The first-order valence-corrected chi connectivity index (χ1v) is 8.76. The molecule has 3 N–H and O–H groups in total. The van der Waals surface area contributed by atoms with Gasteiger partial charge in [0.05, 0.1) is 18.0 Å². The fraction of sp³-hybridized carbons (Fsp3) is 0.556. The largest absolute Gasteiger partial charge is 0.357 e. The summed E-state index contributed by atoms with van der Waals surface area (Å²) in [5.41, 5.74) is 0.522. The van der Waals surface area contributed by atoms with Crippen LogP contribution in [-0.2, 0) is 4.79 Å². The van der Waals surface area contributed by atoms with Crippen LogP contribution >= 0.6 is 11.6 Å². The van der Waals surface area contributed by atoms with Crippen molar-refractivity contribution in [2.75, 3.05) is 19.6 Å². The Labute approximate surface area is 150 Å². The van der Waals surface area contributed by atoms with Crippen molar-refractivity contribution in [2.24, 2.45) is 10.4 Å². The predicted octanol–water partition coefficient (Wildman–Crippen LogP) is 3.12. The van der Waals surface area contributed by atoms with Gasteiger partial charge in [0.2, 0.25) is 5.91 Å². The summed E-state index contributed by atoms with van der Waals surface area (Å²) in [5.74, 6) is 0.690. The van der Waals surface area contributed by atoms with E-state index in [0.29, 0.717) is 24.1 Å². The maximum Gasteiger partial charge on any atom is 0.227 e. The predicted molar refractivity (Wildman–Crippen MR) is 101 cm³/mol. The Morgan fingerprint density at radius 2 is 1.92 bits per heavy atom. The number of carbonyl (C=O) groups is 1. The second kappa shape index (κ2) is 9.52. The van der Waals surface area contributed by atoms with E-state index < -0.39 is 5.41 Å². The van der Waals surface area contributed by atoms with E-state index in [4.69, 9.17) is 11.6 Å². The molecule has 0 aliphatic rings. The van der Waals surface area contributed by atoms with Crippen LogP contribution in [0.4, 0.5) is 0 Å². The maximum atomic E-state index is 12.1. The molecule has 6 heteroatoms. The van der Waals surface area contributed by atoms with Gasteiger partial charge in [0.1, 0.15) is 0 Å². The third-order valence-corrected chi connectivity index (χ3v) is 3.87. The lowest BCUT2D eigenvalue weighted by Gasteiger charge is -2.23.